The van der Waals surface area contributed by atoms with E-state index >= 15 is 0 Å². The van der Waals surface area contributed by atoms with E-state index < -0.39 is 0 Å². The molecule has 0 bridgehead atoms. The maximum atomic E-state index is 5.81. The van der Waals surface area contributed by atoms with Crippen molar-refractivity contribution in [2.75, 3.05) is 7.11 Å². The van der Waals surface area contributed by atoms with Crippen LogP contribution in [0.1, 0.15) is 18.1 Å². The highest BCUT2D eigenvalue weighted by Gasteiger charge is 2.20. The van der Waals surface area contributed by atoms with Crippen LogP contribution in [-0.4, -0.2) is 32.1 Å². The molecule has 138 valence electrons. The molecule has 0 radical (unpaired) electrons. The second-order valence-electron chi connectivity index (χ2n) is 5.78. The molecule has 0 saturated heterocycles. The molecule has 0 aliphatic carbocycles. The maximum absolute atomic E-state index is 5.81. The zero-order chi connectivity index (χ0) is 18.8. The molecule has 0 aliphatic rings. The van der Waals surface area contributed by atoms with Gasteiger partial charge in [0.1, 0.15) is 5.75 Å². The SMILES string of the molecule is COc1ccc(-c2nnc(S[C@@H](C)c3nnc(-c4cccs4)o3)n2C)cc1. The molecule has 27 heavy (non-hydrogen) atoms. The molecule has 0 spiro atoms. The fourth-order valence-corrected chi connectivity index (χ4v) is 4.01. The highest BCUT2D eigenvalue weighted by molar-refractivity contribution is 7.99. The van der Waals surface area contributed by atoms with E-state index in [0.717, 1.165) is 27.2 Å². The van der Waals surface area contributed by atoms with Crippen LogP contribution in [0.3, 0.4) is 0 Å². The lowest BCUT2D eigenvalue weighted by molar-refractivity contribution is 0.415. The van der Waals surface area contributed by atoms with Gasteiger partial charge in [0.05, 0.1) is 17.2 Å². The van der Waals surface area contributed by atoms with E-state index in [1.807, 2.05) is 60.3 Å². The van der Waals surface area contributed by atoms with Gasteiger partial charge in [0, 0.05) is 12.6 Å². The summed E-state index contributed by atoms with van der Waals surface area (Å²) in [5, 5.41) is 19.7. The molecule has 0 amide bonds. The van der Waals surface area contributed by atoms with Gasteiger partial charge in [0.2, 0.25) is 5.89 Å². The van der Waals surface area contributed by atoms with Gasteiger partial charge in [-0.15, -0.1) is 31.7 Å². The second kappa shape index (κ2) is 7.53. The number of thioether (sulfide) groups is 1. The molecule has 1 aromatic carbocycles. The van der Waals surface area contributed by atoms with Crippen LogP contribution < -0.4 is 4.74 Å². The summed E-state index contributed by atoms with van der Waals surface area (Å²) in [4.78, 5) is 0.964. The minimum Gasteiger partial charge on any atom is -0.497 e. The molecular weight excluding hydrogens is 382 g/mol. The molecule has 7 nitrogen and oxygen atoms in total. The standard InChI is InChI=1S/C18H17N5O2S2/c1-11(16-20-21-17(25-16)14-5-4-10-26-14)27-18-22-19-15(23(18)2)12-6-8-13(24-3)9-7-12/h4-11H,1-3H3/t11-/m0/s1. The summed E-state index contributed by atoms with van der Waals surface area (Å²) in [6.07, 6.45) is 0. The maximum Gasteiger partial charge on any atom is 0.257 e. The van der Waals surface area contributed by atoms with Crippen LogP contribution in [0, 0.1) is 0 Å². The van der Waals surface area contributed by atoms with Crippen molar-refractivity contribution in [1.29, 1.82) is 0 Å². The third-order valence-electron chi connectivity index (χ3n) is 3.99. The molecule has 4 rings (SSSR count). The topological polar surface area (TPSA) is 78.9 Å². The zero-order valence-electron chi connectivity index (χ0n) is 15.0. The van der Waals surface area contributed by atoms with E-state index in [2.05, 4.69) is 20.4 Å². The van der Waals surface area contributed by atoms with E-state index in [9.17, 15) is 0 Å². The van der Waals surface area contributed by atoms with Crippen LogP contribution in [-0.2, 0) is 7.05 Å². The highest BCUT2D eigenvalue weighted by Crippen LogP contribution is 2.35. The Hall–Kier alpha value is -2.65. The fraction of sp³-hybridized carbons (Fsp3) is 0.222. The number of benzene rings is 1. The number of nitrogens with zero attached hydrogens (tertiary/aromatic N) is 5. The number of ether oxygens (including phenoxy) is 1. The number of rotatable bonds is 6. The van der Waals surface area contributed by atoms with E-state index in [1.165, 1.54) is 11.8 Å². The van der Waals surface area contributed by atoms with Crippen molar-refractivity contribution >= 4 is 23.1 Å². The first-order valence-corrected chi connectivity index (χ1v) is 9.99. The number of aromatic nitrogens is 5. The minimum atomic E-state index is -0.0437. The summed E-state index contributed by atoms with van der Waals surface area (Å²) in [7, 11) is 3.59. The van der Waals surface area contributed by atoms with Crippen molar-refractivity contribution in [2.45, 2.75) is 17.3 Å². The predicted octanol–water partition coefficient (Wildman–Crippen LogP) is 4.46. The van der Waals surface area contributed by atoms with Crippen LogP contribution in [0.2, 0.25) is 0 Å². The number of hydrogen-bond donors (Lipinski definition) is 0. The quantitative estimate of drug-likeness (QED) is 0.443. The Morgan fingerprint density at radius 2 is 1.93 bits per heavy atom. The lowest BCUT2D eigenvalue weighted by Crippen LogP contribution is -1.97. The summed E-state index contributed by atoms with van der Waals surface area (Å²) in [6, 6.07) is 11.7. The van der Waals surface area contributed by atoms with Crippen molar-refractivity contribution in [3.63, 3.8) is 0 Å². The van der Waals surface area contributed by atoms with Crippen molar-refractivity contribution < 1.29 is 9.15 Å². The lowest BCUT2D eigenvalue weighted by atomic mass is 10.2. The smallest absolute Gasteiger partial charge is 0.257 e. The Kier molecular flexibility index (Phi) is 4.95. The lowest BCUT2D eigenvalue weighted by Gasteiger charge is -2.07. The number of methoxy groups -OCH3 is 1. The monoisotopic (exact) mass is 399 g/mol. The third kappa shape index (κ3) is 3.60. The number of hydrogen-bond acceptors (Lipinski definition) is 8. The van der Waals surface area contributed by atoms with Crippen LogP contribution in [0.25, 0.3) is 22.2 Å². The molecule has 0 saturated carbocycles. The first-order valence-electron chi connectivity index (χ1n) is 8.23. The molecule has 0 aliphatic heterocycles. The van der Waals surface area contributed by atoms with E-state index in [4.69, 9.17) is 9.15 Å². The van der Waals surface area contributed by atoms with Gasteiger partial charge in [-0.05, 0) is 42.6 Å². The van der Waals surface area contributed by atoms with Crippen LogP contribution in [0.5, 0.6) is 5.75 Å². The molecule has 1 atom stereocenters. The molecule has 9 heteroatoms. The molecular formula is C18H17N5O2S2. The van der Waals surface area contributed by atoms with Gasteiger partial charge >= 0.3 is 0 Å². The number of thiophene rings is 1. The van der Waals surface area contributed by atoms with Crippen LogP contribution in [0.15, 0.2) is 51.4 Å². The minimum absolute atomic E-state index is 0.0437. The van der Waals surface area contributed by atoms with Gasteiger partial charge in [-0.1, -0.05) is 17.8 Å². The van der Waals surface area contributed by atoms with Crippen molar-refractivity contribution in [2.24, 2.45) is 7.05 Å². The van der Waals surface area contributed by atoms with Gasteiger partial charge in [-0.2, -0.15) is 0 Å². The molecule has 3 aromatic heterocycles. The first kappa shape index (κ1) is 17.7. The zero-order valence-corrected chi connectivity index (χ0v) is 16.6. The van der Waals surface area contributed by atoms with E-state index in [0.29, 0.717) is 11.8 Å². The Bertz CT molecular complexity index is 1020. The first-order chi connectivity index (χ1) is 13.2. The summed E-state index contributed by atoms with van der Waals surface area (Å²) in [6.45, 7) is 2.01. The van der Waals surface area contributed by atoms with Crippen LogP contribution in [0.4, 0.5) is 0 Å². The van der Waals surface area contributed by atoms with E-state index in [1.54, 1.807) is 18.4 Å². The van der Waals surface area contributed by atoms with Gasteiger partial charge in [-0.25, -0.2) is 0 Å². The van der Waals surface area contributed by atoms with Crippen molar-refractivity contribution in [1.82, 2.24) is 25.0 Å². The van der Waals surface area contributed by atoms with Gasteiger partial charge in [-0.3, -0.25) is 0 Å². The molecule has 0 N–H and O–H groups in total. The third-order valence-corrected chi connectivity index (χ3v) is 5.97. The molecule has 4 aromatic rings. The summed E-state index contributed by atoms with van der Waals surface area (Å²) >= 11 is 3.10. The van der Waals surface area contributed by atoms with Crippen LogP contribution >= 0.6 is 23.1 Å². The summed E-state index contributed by atoms with van der Waals surface area (Å²) in [5.74, 6) is 2.71. The summed E-state index contributed by atoms with van der Waals surface area (Å²) in [5.41, 5.74) is 0.975. The summed E-state index contributed by atoms with van der Waals surface area (Å²) < 4.78 is 13.0. The highest BCUT2D eigenvalue weighted by atomic mass is 32.2. The second-order valence-corrected chi connectivity index (χ2v) is 8.03. The Morgan fingerprint density at radius 3 is 2.63 bits per heavy atom. The Balaban J connectivity index is 1.52. The van der Waals surface area contributed by atoms with E-state index in [-0.39, 0.29) is 5.25 Å². The van der Waals surface area contributed by atoms with Gasteiger partial charge in [0.15, 0.2) is 11.0 Å². The Morgan fingerprint density at radius 1 is 1.11 bits per heavy atom. The van der Waals surface area contributed by atoms with Crippen molar-refractivity contribution in [3.8, 4) is 27.9 Å². The average molecular weight is 400 g/mol. The largest absolute Gasteiger partial charge is 0.497 e. The fourth-order valence-electron chi connectivity index (χ4n) is 2.52. The van der Waals surface area contributed by atoms with Crippen molar-refractivity contribution in [3.05, 3.63) is 47.7 Å². The molecule has 0 unspecified atom stereocenters. The molecule has 3 heterocycles. The van der Waals surface area contributed by atoms with Gasteiger partial charge < -0.3 is 13.7 Å². The van der Waals surface area contributed by atoms with Gasteiger partial charge in [0.25, 0.3) is 5.89 Å². The average Bonchev–Trinajstić information content (AvgIpc) is 3.43. The molecule has 0 fully saturated rings. The normalized spacial score (nSPS) is 12.3. The Labute approximate surface area is 164 Å². The predicted molar refractivity (Wildman–Crippen MR) is 105 cm³/mol.